The van der Waals surface area contributed by atoms with Crippen LogP contribution in [0.1, 0.15) is 18.9 Å². The predicted octanol–water partition coefficient (Wildman–Crippen LogP) is 2.51. The van der Waals surface area contributed by atoms with Crippen LogP contribution in [-0.4, -0.2) is 41.9 Å². The number of nitrogens with one attached hydrogen (secondary N) is 1. The average Bonchev–Trinajstić information content (AvgIpc) is 2.65. The Morgan fingerprint density at radius 1 is 1.24 bits per heavy atom. The summed E-state index contributed by atoms with van der Waals surface area (Å²) in [5, 5.41) is 2.79. The lowest BCUT2D eigenvalue weighted by Crippen LogP contribution is -2.38. The highest BCUT2D eigenvalue weighted by atomic mass is 16.5. The minimum atomic E-state index is -0.232. The van der Waals surface area contributed by atoms with Crippen molar-refractivity contribution in [1.82, 2.24) is 9.88 Å². The van der Waals surface area contributed by atoms with Gasteiger partial charge in [0.05, 0.1) is 13.7 Å². The van der Waals surface area contributed by atoms with Crippen molar-refractivity contribution in [2.45, 2.75) is 19.8 Å². The Kier molecular flexibility index (Phi) is 6.95. The molecule has 2 aromatic rings. The molecule has 6 nitrogen and oxygen atoms in total. The fourth-order valence-corrected chi connectivity index (χ4v) is 2.41. The Bertz CT molecular complexity index is 704. The van der Waals surface area contributed by atoms with Gasteiger partial charge in [-0.25, -0.2) is 0 Å². The van der Waals surface area contributed by atoms with Crippen molar-refractivity contribution in [2.24, 2.45) is 0 Å². The topological polar surface area (TPSA) is 71.5 Å². The molecule has 0 aliphatic rings. The number of ether oxygens (including phenoxy) is 1. The summed E-state index contributed by atoms with van der Waals surface area (Å²) in [5.74, 6) is 0.384. The second-order valence-corrected chi connectivity index (χ2v) is 5.55. The molecule has 0 atom stereocenters. The molecule has 25 heavy (non-hydrogen) atoms. The molecule has 0 spiro atoms. The number of amides is 2. The minimum Gasteiger partial charge on any atom is -0.497 e. The van der Waals surface area contributed by atoms with Crippen LogP contribution in [0.25, 0.3) is 0 Å². The number of rotatable bonds is 8. The number of carbonyl (C=O) groups is 2. The molecule has 0 unspecified atom stereocenters. The third-order valence-electron chi connectivity index (χ3n) is 3.77. The zero-order valence-corrected chi connectivity index (χ0v) is 14.6. The summed E-state index contributed by atoms with van der Waals surface area (Å²) in [6.45, 7) is 2.37. The van der Waals surface area contributed by atoms with Gasteiger partial charge in [0.25, 0.3) is 0 Å². The van der Waals surface area contributed by atoms with Gasteiger partial charge in [-0.3, -0.25) is 14.6 Å². The Hall–Kier alpha value is -2.89. The number of likely N-dealkylation sites (N-methyl/N-ethyl adjacent to an activating group) is 1. The molecular weight excluding hydrogens is 318 g/mol. The first kappa shape index (κ1) is 18.4. The number of pyridine rings is 1. The Morgan fingerprint density at radius 3 is 2.76 bits per heavy atom. The lowest BCUT2D eigenvalue weighted by molar-refractivity contribution is -0.134. The lowest BCUT2D eigenvalue weighted by atomic mass is 10.1. The zero-order chi connectivity index (χ0) is 18.1. The Morgan fingerprint density at radius 2 is 2.08 bits per heavy atom. The third kappa shape index (κ3) is 5.91. The van der Waals surface area contributed by atoms with Crippen molar-refractivity contribution in [3.8, 4) is 5.75 Å². The predicted molar refractivity (Wildman–Crippen MR) is 96.4 cm³/mol. The molecule has 0 aliphatic heterocycles. The van der Waals surface area contributed by atoms with Gasteiger partial charge in [-0.15, -0.1) is 0 Å². The largest absolute Gasteiger partial charge is 0.497 e. The van der Waals surface area contributed by atoms with Gasteiger partial charge < -0.3 is 15.0 Å². The molecule has 0 saturated heterocycles. The maximum absolute atomic E-state index is 12.3. The van der Waals surface area contributed by atoms with E-state index in [4.69, 9.17) is 4.74 Å². The van der Waals surface area contributed by atoms with Crippen LogP contribution in [0.4, 0.5) is 5.69 Å². The normalized spacial score (nSPS) is 10.2. The number of hydrogen-bond acceptors (Lipinski definition) is 4. The highest BCUT2D eigenvalue weighted by Gasteiger charge is 2.15. The summed E-state index contributed by atoms with van der Waals surface area (Å²) in [4.78, 5) is 30.1. The van der Waals surface area contributed by atoms with Crippen molar-refractivity contribution in [2.75, 3.05) is 25.5 Å². The van der Waals surface area contributed by atoms with E-state index in [1.54, 1.807) is 48.7 Å². The summed E-state index contributed by atoms with van der Waals surface area (Å²) in [5.41, 5.74) is 1.65. The van der Waals surface area contributed by atoms with Crippen LogP contribution in [0.3, 0.4) is 0 Å². The Labute approximate surface area is 147 Å². The number of anilines is 1. The second kappa shape index (κ2) is 9.42. The minimum absolute atomic E-state index is 0.0274. The number of aryl methyl sites for hydroxylation is 1. The fraction of sp³-hybridized carbons (Fsp3) is 0.316. The van der Waals surface area contributed by atoms with E-state index in [1.807, 2.05) is 19.1 Å². The molecule has 2 rings (SSSR count). The number of aromatic nitrogens is 1. The molecule has 132 valence electrons. The maximum atomic E-state index is 12.3. The van der Waals surface area contributed by atoms with Crippen LogP contribution < -0.4 is 10.1 Å². The summed E-state index contributed by atoms with van der Waals surface area (Å²) in [6.07, 6.45) is 4.41. The van der Waals surface area contributed by atoms with E-state index in [-0.39, 0.29) is 18.4 Å². The van der Waals surface area contributed by atoms with E-state index < -0.39 is 0 Å². The lowest BCUT2D eigenvalue weighted by Gasteiger charge is -2.20. The standard InChI is InChI=1S/C19H23N3O3/c1-3-22(19(24)10-9-15-6-5-11-20-13-15)14-18(23)21-16-7-4-8-17(12-16)25-2/h4-8,11-13H,3,9-10,14H2,1-2H3,(H,21,23). The molecule has 1 aromatic carbocycles. The zero-order valence-electron chi connectivity index (χ0n) is 14.6. The van der Waals surface area contributed by atoms with Gasteiger partial charge in [-0.2, -0.15) is 0 Å². The van der Waals surface area contributed by atoms with Crippen LogP contribution in [0.15, 0.2) is 48.8 Å². The molecule has 6 heteroatoms. The average molecular weight is 341 g/mol. The highest BCUT2D eigenvalue weighted by Crippen LogP contribution is 2.16. The van der Waals surface area contributed by atoms with Gasteiger partial charge in [-0.1, -0.05) is 12.1 Å². The van der Waals surface area contributed by atoms with Gasteiger partial charge in [-0.05, 0) is 37.1 Å². The molecule has 0 saturated carbocycles. The number of methoxy groups -OCH3 is 1. The van der Waals surface area contributed by atoms with Crippen LogP contribution in [0.5, 0.6) is 5.75 Å². The number of benzene rings is 1. The number of carbonyl (C=O) groups excluding carboxylic acids is 2. The summed E-state index contributed by atoms with van der Waals surface area (Å²) >= 11 is 0. The van der Waals surface area contributed by atoms with Gasteiger partial charge in [0.2, 0.25) is 11.8 Å². The van der Waals surface area contributed by atoms with Crippen LogP contribution in [0.2, 0.25) is 0 Å². The SMILES string of the molecule is CCN(CC(=O)Nc1cccc(OC)c1)C(=O)CCc1cccnc1. The monoisotopic (exact) mass is 341 g/mol. The van der Waals surface area contributed by atoms with Crippen molar-refractivity contribution in [3.05, 3.63) is 54.4 Å². The third-order valence-corrected chi connectivity index (χ3v) is 3.77. The molecular formula is C19H23N3O3. The summed E-state index contributed by atoms with van der Waals surface area (Å²) in [6, 6.07) is 10.9. The van der Waals surface area contributed by atoms with E-state index in [9.17, 15) is 9.59 Å². The van der Waals surface area contributed by atoms with E-state index >= 15 is 0 Å². The van der Waals surface area contributed by atoms with E-state index in [0.29, 0.717) is 30.8 Å². The van der Waals surface area contributed by atoms with Crippen molar-refractivity contribution in [1.29, 1.82) is 0 Å². The van der Waals surface area contributed by atoms with E-state index in [0.717, 1.165) is 5.56 Å². The maximum Gasteiger partial charge on any atom is 0.243 e. The van der Waals surface area contributed by atoms with Crippen molar-refractivity contribution < 1.29 is 14.3 Å². The van der Waals surface area contributed by atoms with Crippen molar-refractivity contribution >= 4 is 17.5 Å². The molecule has 0 bridgehead atoms. The number of hydrogen-bond donors (Lipinski definition) is 1. The summed E-state index contributed by atoms with van der Waals surface area (Å²) in [7, 11) is 1.57. The first-order chi connectivity index (χ1) is 12.1. The first-order valence-corrected chi connectivity index (χ1v) is 8.23. The highest BCUT2D eigenvalue weighted by molar-refractivity contribution is 5.94. The molecule has 0 fully saturated rings. The molecule has 1 aromatic heterocycles. The van der Waals surface area contributed by atoms with Crippen LogP contribution in [-0.2, 0) is 16.0 Å². The molecule has 0 radical (unpaired) electrons. The van der Waals surface area contributed by atoms with Gasteiger partial charge in [0.1, 0.15) is 5.75 Å². The van der Waals surface area contributed by atoms with Gasteiger partial charge in [0, 0.05) is 37.1 Å². The molecule has 0 aliphatic carbocycles. The van der Waals surface area contributed by atoms with Gasteiger partial charge in [0.15, 0.2) is 0 Å². The molecule has 1 heterocycles. The quantitative estimate of drug-likeness (QED) is 0.801. The summed E-state index contributed by atoms with van der Waals surface area (Å²) < 4.78 is 5.13. The first-order valence-electron chi connectivity index (χ1n) is 8.23. The molecule has 2 amide bonds. The Balaban J connectivity index is 1.86. The van der Waals surface area contributed by atoms with Gasteiger partial charge >= 0.3 is 0 Å². The number of nitrogens with zero attached hydrogens (tertiary/aromatic N) is 2. The molecule has 1 N–H and O–H groups in total. The van der Waals surface area contributed by atoms with Crippen LogP contribution in [0, 0.1) is 0 Å². The fourth-order valence-electron chi connectivity index (χ4n) is 2.41. The second-order valence-electron chi connectivity index (χ2n) is 5.55. The van der Waals surface area contributed by atoms with Crippen molar-refractivity contribution in [3.63, 3.8) is 0 Å². The smallest absolute Gasteiger partial charge is 0.243 e. The van der Waals surface area contributed by atoms with Crippen LogP contribution >= 0.6 is 0 Å². The van der Waals surface area contributed by atoms with E-state index in [2.05, 4.69) is 10.3 Å². The van der Waals surface area contributed by atoms with E-state index in [1.165, 1.54) is 0 Å².